The van der Waals surface area contributed by atoms with Gasteiger partial charge in [0.05, 0.1) is 11.1 Å². The van der Waals surface area contributed by atoms with E-state index in [1.54, 1.807) is 18.2 Å². The molecule has 1 unspecified atom stereocenters. The number of carboxylic acid groups (broad SMARTS) is 1. The van der Waals surface area contributed by atoms with Gasteiger partial charge in [0, 0.05) is 64.0 Å². The van der Waals surface area contributed by atoms with E-state index in [1.807, 2.05) is 0 Å². The first-order valence-corrected chi connectivity index (χ1v) is 14.9. The van der Waals surface area contributed by atoms with Gasteiger partial charge in [-0.1, -0.05) is 18.9 Å². The minimum absolute atomic E-state index is 0.0979. The number of carbonyl (C=O) groups excluding carboxylic acids is 4. The van der Waals surface area contributed by atoms with Crippen molar-refractivity contribution in [1.29, 1.82) is 0 Å². The largest absolute Gasteiger partial charge is 0.465 e. The Morgan fingerprint density at radius 3 is 2.34 bits per heavy atom. The number of rotatable bonds is 10. The summed E-state index contributed by atoms with van der Waals surface area (Å²) in [4.78, 5) is 68.7. The fraction of sp³-hybridized carbons (Fsp3) is 0.621. The third kappa shape index (κ3) is 6.54. The molecule has 0 radical (unpaired) electrons. The molecule has 0 spiro atoms. The molecule has 3 N–H and O–H groups in total. The van der Waals surface area contributed by atoms with Crippen molar-refractivity contribution in [2.75, 3.05) is 57.7 Å². The zero-order chi connectivity index (χ0) is 28.9. The smallest absolute Gasteiger partial charge is 0.407 e. The normalized spacial score (nSPS) is 22.7. The Labute approximate surface area is 240 Å². The Hall–Kier alpha value is -3.51. The molecule has 0 aliphatic carbocycles. The summed E-state index contributed by atoms with van der Waals surface area (Å²) in [6.45, 7) is 7.24. The first-order valence-electron chi connectivity index (χ1n) is 14.9. The maximum Gasteiger partial charge on any atom is 0.407 e. The number of hydrogen-bond donors (Lipinski definition) is 3. The fourth-order valence-corrected chi connectivity index (χ4v) is 6.47. The van der Waals surface area contributed by atoms with Gasteiger partial charge in [-0.05, 0) is 50.8 Å². The van der Waals surface area contributed by atoms with Crippen LogP contribution in [0.3, 0.4) is 0 Å². The van der Waals surface area contributed by atoms with Crippen LogP contribution in [0.2, 0.25) is 0 Å². The zero-order valence-corrected chi connectivity index (χ0v) is 23.5. The molecule has 12 heteroatoms. The van der Waals surface area contributed by atoms with Gasteiger partial charge in [0.2, 0.25) is 11.8 Å². The fourth-order valence-electron chi connectivity index (χ4n) is 6.47. The number of anilines is 1. The van der Waals surface area contributed by atoms with Crippen molar-refractivity contribution in [3.05, 3.63) is 29.3 Å². The maximum absolute atomic E-state index is 13.2. The minimum Gasteiger partial charge on any atom is -0.465 e. The van der Waals surface area contributed by atoms with Crippen LogP contribution in [-0.4, -0.2) is 119 Å². The summed E-state index contributed by atoms with van der Waals surface area (Å²) in [6, 6.07) is 4.66. The third-order valence-electron chi connectivity index (χ3n) is 8.84. The lowest BCUT2D eigenvalue weighted by atomic mass is 10.0. The maximum atomic E-state index is 13.2. The molecule has 1 atom stereocenters. The Morgan fingerprint density at radius 2 is 1.63 bits per heavy atom. The van der Waals surface area contributed by atoms with E-state index in [2.05, 4.69) is 20.4 Å². The molecule has 5 amide bonds. The number of hydrogen-bond acceptors (Lipinski definition) is 8. The highest BCUT2D eigenvalue weighted by Gasteiger charge is 2.45. The van der Waals surface area contributed by atoms with Gasteiger partial charge in [-0.25, -0.2) is 4.79 Å². The summed E-state index contributed by atoms with van der Waals surface area (Å²) in [7, 11) is 0. The van der Waals surface area contributed by atoms with Crippen LogP contribution in [-0.2, 0) is 9.59 Å². The summed E-state index contributed by atoms with van der Waals surface area (Å²) in [5.41, 5.74) is 1.19. The molecule has 0 aromatic heterocycles. The summed E-state index contributed by atoms with van der Waals surface area (Å²) in [5, 5.41) is 14.7. The van der Waals surface area contributed by atoms with Gasteiger partial charge in [0.25, 0.3) is 11.8 Å². The van der Waals surface area contributed by atoms with E-state index in [0.29, 0.717) is 36.9 Å². The van der Waals surface area contributed by atoms with Crippen LogP contribution < -0.4 is 10.6 Å². The van der Waals surface area contributed by atoms with Gasteiger partial charge >= 0.3 is 6.09 Å². The average Bonchev–Trinajstić information content (AvgIpc) is 3.23. The van der Waals surface area contributed by atoms with E-state index in [9.17, 15) is 24.0 Å². The summed E-state index contributed by atoms with van der Waals surface area (Å²) in [5.74, 6) is -1.98. The number of likely N-dealkylation sites (tertiary alicyclic amines) is 1. The molecule has 1 aromatic rings. The molecule has 4 heterocycles. The Bertz CT molecular complexity index is 1170. The first-order chi connectivity index (χ1) is 19.8. The predicted octanol–water partition coefficient (Wildman–Crippen LogP) is 1.82. The second-order valence-electron chi connectivity index (χ2n) is 11.4. The molecule has 222 valence electrons. The lowest BCUT2D eigenvalue weighted by Gasteiger charge is -2.42. The minimum atomic E-state index is -0.965. The van der Waals surface area contributed by atoms with Crippen molar-refractivity contribution in [3.8, 4) is 0 Å². The van der Waals surface area contributed by atoms with Gasteiger partial charge in [-0.15, -0.1) is 0 Å². The molecule has 4 aliphatic heterocycles. The van der Waals surface area contributed by atoms with Gasteiger partial charge < -0.3 is 20.2 Å². The Balaban J connectivity index is 0.990. The number of piperazine rings is 1. The molecule has 41 heavy (non-hydrogen) atoms. The van der Waals surface area contributed by atoms with E-state index in [-0.39, 0.29) is 24.3 Å². The summed E-state index contributed by atoms with van der Waals surface area (Å²) >= 11 is 0. The molecule has 12 nitrogen and oxygen atoms in total. The number of benzene rings is 1. The van der Waals surface area contributed by atoms with Crippen LogP contribution in [0.25, 0.3) is 0 Å². The highest BCUT2D eigenvalue weighted by atomic mass is 16.4. The second-order valence-corrected chi connectivity index (χ2v) is 11.4. The molecule has 3 fully saturated rings. The van der Waals surface area contributed by atoms with Crippen molar-refractivity contribution in [3.63, 3.8) is 0 Å². The monoisotopic (exact) mass is 568 g/mol. The van der Waals surface area contributed by atoms with Crippen LogP contribution in [0.1, 0.15) is 72.1 Å². The van der Waals surface area contributed by atoms with Crippen molar-refractivity contribution in [2.24, 2.45) is 0 Å². The number of unbranched alkanes of at least 4 members (excludes halogenated alkanes) is 3. The predicted molar refractivity (Wildman–Crippen MR) is 151 cm³/mol. The van der Waals surface area contributed by atoms with E-state index < -0.39 is 29.9 Å². The molecule has 1 aromatic carbocycles. The van der Waals surface area contributed by atoms with Crippen LogP contribution in [0.5, 0.6) is 0 Å². The lowest BCUT2D eigenvalue weighted by molar-refractivity contribution is -0.136. The van der Waals surface area contributed by atoms with E-state index in [4.69, 9.17) is 5.11 Å². The molecular weight excluding hydrogens is 528 g/mol. The van der Waals surface area contributed by atoms with Crippen LogP contribution in [0.4, 0.5) is 10.5 Å². The van der Waals surface area contributed by atoms with Crippen LogP contribution >= 0.6 is 0 Å². The van der Waals surface area contributed by atoms with E-state index in [1.165, 1.54) is 4.90 Å². The number of amides is 5. The summed E-state index contributed by atoms with van der Waals surface area (Å²) < 4.78 is 0. The SMILES string of the molecule is O=C1CCC(N2C(=O)c3cccc(NCCCCCCN4CCN(C5CCN(C(=O)O)CC5)CC4)c3C2=O)C(=O)N1. The number of nitrogens with one attached hydrogen (secondary N) is 2. The quantitative estimate of drug-likeness (QED) is 0.285. The number of carbonyl (C=O) groups is 5. The standard InChI is InChI=1S/C29H40N6O6/c36-24-9-8-23(26(37)31-24)35-27(38)21-6-5-7-22(25(21)28(35)39)30-12-3-1-2-4-13-32-16-18-33(19-17-32)20-10-14-34(15-11-20)29(40)41/h5-7,20,23,30H,1-4,8-19H2,(H,40,41)(H,31,36,37). The Kier molecular flexibility index (Phi) is 9.19. The van der Waals surface area contributed by atoms with E-state index in [0.717, 1.165) is 76.1 Å². The number of fused-ring (bicyclic) bond motifs is 1. The van der Waals surface area contributed by atoms with Gasteiger partial charge in [-0.3, -0.25) is 34.3 Å². The summed E-state index contributed by atoms with van der Waals surface area (Å²) in [6.07, 6.45) is 5.52. The number of nitrogens with zero attached hydrogens (tertiary/aromatic N) is 4. The zero-order valence-electron chi connectivity index (χ0n) is 23.5. The average molecular weight is 569 g/mol. The van der Waals surface area contributed by atoms with Gasteiger partial charge in [0.15, 0.2) is 0 Å². The molecule has 5 rings (SSSR count). The van der Waals surface area contributed by atoms with E-state index >= 15 is 0 Å². The highest BCUT2D eigenvalue weighted by molar-refractivity contribution is 6.25. The van der Waals surface area contributed by atoms with Crippen molar-refractivity contribution < 1.29 is 29.1 Å². The molecule has 4 aliphatic rings. The van der Waals surface area contributed by atoms with Crippen LogP contribution in [0.15, 0.2) is 18.2 Å². The molecule has 0 saturated carbocycles. The molecular formula is C29H40N6O6. The topological polar surface area (TPSA) is 143 Å². The molecule has 3 saturated heterocycles. The van der Waals surface area contributed by atoms with Crippen molar-refractivity contribution >= 4 is 35.4 Å². The first kappa shape index (κ1) is 29.0. The number of piperidine rings is 2. The van der Waals surface area contributed by atoms with Gasteiger partial charge in [0.1, 0.15) is 6.04 Å². The molecule has 0 bridgehead atoms. The van der Waals surface area contributed by atoms with Gasteiger partial charge in [-0.2, -0.15) is 0 Å². The highest BCUT2D eigenvalue weighted by Crippen LogP contribution is 2.32. The Morgan fingerprint density at radius 1 is 0.902 bits per heavy atom. The van der Waals surface area contributed by atoms with Crippen molar-refractivity contribution in [2.45, 2.75) is 63.5 Å². The second kappa shape index (κ2) is 13.0. The number of imide groups is 2. The van der Waals surface area contributed by atoms with Crippen LogP contribution in [0, 0.1) is 0 Å². The third-order valence-corrected chi connectivity index (χ3v) is 8.84. The lowest BCUT2D eigenvalue weighted by Crippen LogP contribution is -2.54. The van der Waals surface area contributed by atoms with Crippen molar-refractivity contribution in [1.82, 2.24) is 24.9 Å².